The summed E-state index contributed by atoms with van der Waals surface area (Å²) in [6, 6.07) is 7.77. The Morgan fingerprint density at radius 1 is 1.18 bits per heavy atom. The highest BCUT2D eigenvalue weighted by Gasteiger charge is 2.54. The number of alkyl halides is 3. The molecule has 2 aromatic rings. The van der Waals surface area contributed by atoms with Gasteiger partial charge in [-0.05, 0) is 37.3 Å². The van der Waals surface area contributed by atoms with Crippen molar-refractivity contribution in [2.75, 3.05) is 13.1 Å². The van der Waals surface area contributed by atoms with Gasteiger partial charge < -0.3 is 14.9 Å². The maximum absolute atomic E-state index is 13.9. The van der Waals surface area contributed by atoms with Crippen molar-refractivity contribution < 1.29 is 40.9 Å². The van der Waals surface area contributed by atoms with Crippen molar-refractivity contribution in [2.24, 2.45) is 0 Å². The molecule has 3 atom stereocenters. The molecule has 2 aromatic carbocycles. The fourth-order valence-corrected chi connectivity index (χ4v) is 5.11. The molecular formula is C21H17F4N3O5S. The minimum atomic E-state index is -4.80. The van der Waals surface area contributed by atoms with Gasteiger partial charge in [-0.1, -0.05) is 0 Å². The largest absolute Gasteiger partial charge is 0.486 e. The molecule has 1 aliphatic rings. The summed E-state index contributed by atoms with van der Waals surface area (Å²) in [7, 11) is -4.62. The van der Waals surface area contributed by atoms with E-state index in [1.807, 2.05) is 0 Å². The van der Waals surface area contributed by atoms with Crippen LogP contribution in [0.2, 0.25) is 0 Å². The number of ether oxygens (including phenoxy) is 1. The summed E-state index contributed by atoms with van der Waals surface area (Å²) >= 11 is 0. The van der Waals surface area contributed by atoms with Crippen LogP contribution in [0, 0.1) is 28.5 Å². The van der Waals surface area contributed by atoms with Crippen LogP contribution in [0.5, 0.6) is 5.75 Å². The Morgan fingerprint density at radius 2 is 1.82 bits per heavy atom. The first-order valence-electron chi connectivity index (χ1n) is 9.62. The van der Waals surface area contributed by atoms with Gasteiger partial charge in [0.1, 0.15) is 35.4 Å². The Labute approximate surface area is 191 Å². The predicted octanol–water partition coefficient (Wildman–Crippen LogP) is 2.15. The molecule has 0 spiro atoms. The SMILES string of the molecule is C[C@@H](O)[C@]1(O)CN(S(=O)(=O)c2ccc(C(F)(F)F)cc2C#N)C[C@@H]1Oc1ccc(C#N)c(F)c1. The average molecular weight is 499 g/mol. The summed E-state index contributed by atoms with van der Waals surface area (Å²) in [5.74, 6) is -1.08. The molecule has 0 amide bonds. The van der Waals surface area contributed by atoms with Crippen LogP contribution in [0.15, 0.2) is 41.3 Å². The van der Waals surface area contributed by atoms with Crippen LogP contribution < -0.4 is 4.74 Å². The van der Waals surface area contributed by atoms with Gasteiger partial charge in [0.25, 0.3) is 0 Å². The second-order valence-electron chi connectivity index (χ2n) is 7.65. The number of halogens is 4. The number of nitrogens with zero attached hydrogens (tertiary/aromatic N) is 3. The van der Waals surface area contributed by atoms with Gasteiger partial charge in [0.05, 0.1) is 34.2 Å². The Hall–Kier alpha value is -3.23. The van der Waals surface area contributed by atoms with E-state index in [0.717, 1.165) is 12.1 Å². The quantitative estimate of drug-likeness (QED) is 0.602. The van der Waals surface area contributed by atoms with Gasteiger partial charge in [-0.3, -0.25) is 0 Å². The molecule has 34 heavy (non-hydrogen) atoms. The molecule has 0 saturated carbocycles. The second kappa shape index (κ2) is 8.85. The van der Waals surface area contributed by atoms with Gasteiger partial charge in [-0.25, -0.2) is 12.8 Å². The van der Waals surface area contributed by atoms with Crippen LogP contribution >= 0.6 is 0 Å². The second-order valence-corrected chi connectivity index (χ2v) is 9.55. The number of benzene rings is 2. The van der Waals surface area contributed by atoms with Gasteiger partial charge in [0, 0.05) is 12.6 Å². The summed E-state index contributed by atoms with van der Waals surface area (Å²) in [5.41, 5.74) is -4.43. The number of nitriles is 2. The Bertz CT molecular complexity index is 1300. The smallest absolute Gasteiger partial charge is 0.416 e. The Kier molecular flexibility index (Phi) is 6.61. The van der Waals surface area contributed by atoms with Crippen LogP contribution in [0.3, 0.4) is 0 Å². The van der Waals surface area contributed by atoms with Crippen molar-refractivity contribution in [1.29, 1.82) is 10.5 Å². The van der Waals surface area contributed by atoms with Crippen LogP contribution in [0.25, 0.3) is 0 Å². The van der Waals surface area contributed by atoms with Gasteiger partial charge in [0.15, 0.2) is 0 Å². The van der Waals surface area contributed by atoms with E-state index in [4.69, 9.17) is 10.00 Å². The van der Waals surface area contributed by atoms with E-state index in [1.54, 1.807) is 6.07 Å². The molecule has 2 N–H and O–H groups in total. The van der Waals surface area contributed by atoms with E-state index in [2.05, 4.69) is 0 Å². The summed E-state index contributed by atoms with van der Waals surface area (Å²) in [5, 5.41) is 39.2. The van der Waals surface area contributed by atoms with Crippen molar-refractivity contribution in [2.45, 2.75) is 35.8 Å². The number of sulfonamides is 1. The topological polar surface area (TPSA) is 135 Å². The zero-order valence-corrected chi connectivity index (χ0v) is 18.2. The van der Waals surface area contributed by atoms with E-state index in [-0.39, 0.29) is 11.3 Å². The molecule has 0 unspecified atom stereocenters. The molecule has 1 fully saturated rings. The molecule has 3 rings (SSSR count). The molecular weight excluding hydrogens is 482 g/mol. The lowest BCUT2D eigenvalue weighted by atomic mass is 9.94. The molecule has 0 bridgehead atoms. The summed E-state index contributed by atoms with van der Waals surface area (Å²) in [4.78, 5) is -0.721. The molecule has 0 aromatic heterocycles. The zero-order valence-electron chi connectivity index (χ0n) is 17.4. The fourth-order valence-electron chi connectivity index (χ4n) is 3.50. The first-order valence-corrected chi connectivity index (χ1v) is 11.1. The molecule has 13 heteroatoms. The van der Waals surface area contributed by atoms with Gasteiger partial charge in [0.2, 0.25) is 10.0 Å². The van der Waals surface area contributed by atoms with E-state index >= 15 is 0 Å². The number of hydrogen-bond donors (Lipinski definition) is 2. The standard InChI is InChI=1S/C21H17F4N3O5S/c1-12(29)20(30)11-28(10-19(20)33-16-4-2-13(8-26)17(22)7-16)34(31,32)18-5-3-15(21(23,24)25)6-14(18)9-27/h2-7,12,19,29-30H,10-11H2,1H3/t12-,19+,20-/m1/s1. The van der Waals surface area contributed by atoms with Crippen LogP contribution in [-0.4, -0.2) is 53.8 Å². The molecule has 1 heterocycles. The van der Waals surface area contributed by atoms with Gasteiger partial charge in [-0.2, -0.15) is 28.0 Å². The van der Waals surface area contributed by atoms with Crippen molar-refractivity contribution in [3.05, 3.63) is 58.9 Å². The highest BCUT2D eigenvalue weighted by Crippen LogP contribution is 2.36. The zero-order chi connectivity index (χ0) is 25.5. The normalized spacial score (nSPS) is 22.1. The fraction of sp³-hybridized carbons (Fsp3) is 0.333. The minimum absolute atomic E-state index is 0.160. The molecule has 0 radical (unpaired) electrons. The lowest BCUT2D eigenvalue weighted by molar-refractivity contribution is -0.137. The first kappa shape index (κ1) is 25.4. The lowest BCUT2D eigenvalue weighted by Gasteiger charge is -2.31. The van der Waals surface area contributed by atoms with Gasteiger partial charge in [-0.15, -0.1) is 0 Å². The lowest BCUT2D eigenvalue weighted by Crippen LogP contribution is -2.53. The highest BCUT2D eigenvalue weighted by molar-refractivity contribution is 7.89. The molecule has 1 aliphatic heterocycles. The monoisotopic (exact) mass is 499 g/mol. The van der Waals surface area contributed by atoms with Crippen molar-refractivity contribution >= 4 is 10.0 Å². The number of β-amino-alcohol motifs (C(OH)–C–C–N with tert-alkyl or cyclic N) is 1. The number of hydrogen-bond acceptors (Lipinski definition) is 7. The van der Waals surface area contributed by atoms with Crippen LogP contribution in [0.1, 0.15) is 23.6 Å². The molecule has 0 aliphatic carbocycles. The van der Waals surface area contributed by atoms with E-state index in [9.17, 15) is 41.5 Å². The highest BCUT2D eigenvalue weighted by atomic mass is 32.2. The summed E-state index contributed by atoms with van der Waals surface area (Å²) in [6.07, 6.45) is -7.76. The molecule has 180 valence electrons. The molecule has 1 saturated heterocycles. The first-order chi connectivity index (χ1) is 15.7. The van der Waals surface area contributed by atoms with E-state index in [0.29, 0.717) is 22.5 Å². The number of aliphatic hydroxyl groups excluding tert-OH is 1. The summed E-state index contributed by atoms with van der Waals surface area (Å²) < 4.78 is 85.4. The summed E-state index contributed by atoms with van der Waals surface area (Å²) in [6.45, 7) is -0.121. The Morgan fingerprint density at radius 3 is 2.35 bits per heavy atom. The van der Waals surface area contributed by atoms with Crippen LogP contribution in [0.4, 0.5) is 17.6 Å². The maximum atomic E-state index is 13.9. The average Bonchev–Trinajstić information content (AvgIpc) is 3.11. The predicted molar refractivity (Wildman–Crippen MR) is 107 cm³/mol. The number of aliphatic hydroxyl groups is 2. The van der Waals surface area contributed by atoms with Gasteiger partial charge >= 0.3 is 6.18 Å². The van der Waals surface area contributed by atoms with Crippen molar-refractivity contribution in [3.63, 3.8) is 0 Å². The molecule has 8 nitrogen and oxygen atoms in total. The van der Waals surface area contributed by atoms with E-state index < -0.39 is 68.9 Å². The minimum Gasteiger partial charge on any atom is -0.486 e. The third-order valence-electron chi connectivity index (χ3n) is 5.46. The van der Waals surface area contributed by atoms with Crippen LogP contribution in [-0.2, 0) is 16.2 Å². The van der Waals surface area contributed by atoms with Crippen molar-refractivity contribution in [3.8, 4) is 17.9 Å². The number of rotatable bonds is 5. The van der Waals surface area contributed by atoms with Crippen molar-refractivity contribution in [1.82, 2.24) is 4.31 Å². The third-order valence-corrected chi connectivity index (χ3v) is 7.33. The third kappa shape index (κ3) is 4.56. The van der Waals surface area contributed by atoms with E-state index in [1.165, 1.54) is 19.1 Å². The Balaban J connectivity index is 1.97. The maximum Gasteiger partial charge on any atom is 0.416 e.